The van der Waals surface area contributed by atoms with Crippen LogP contribution in [0.25, 0.3) is 0 Å². The monoisotopic (exact) mass is 1160 g/mol. The maximum Gasteiger partial charge on any atom is 0.143 e. The van der Waals surface area contributed by atoms with Crippen molar-refractivity contribution in [2.24, 2.45) is 0 Å². The van der Waals surface area contributed by atoms with Crippen molar-refractivity contribution >= 4 is 93.1 Å². The molecule has 6 rings (SSSR count). The van der Waals surface area contributed by atoms with Gasteiger partial charge in [0.2, 0.25) is 0 Å². The summed E-state index contributed by atoms with van der Waals surface area (Å²) < 4.78 is 49.0. The van der Waals surface area contributed by atoms with Gasteiger partial charge in [-0.1, -0.05) is 89.9 Å². The summed E-state index contributed by atoms with van der Waals surface area (Å²) in [6.45, 7) is 9.24. The zero-order chi connectivity index (χ0) is 40.3. The topological polar surface area (TPSA) is 122 Å². The number of rotatable bonds is 0. The van der Waals surface area contributed by atoms with Crippen molar-refractivity contribution in [3.05, 3.63) is 92.3 Å². The number of benzene rings is 4. The maximum absolute atomic E-state index is 5.95. The smallest absolute Gasteiger partial charge is 0.143 e. The molecular weight excluding hydrogens is 1110 g/mol. The maximum atomic E-state index is 5.95. The van der Waals surface area contributed by atoms with Gasteiger partial charge in [-0.05, 0) is 71.7 Å². The Morgan fingerprint density at radius 2 is 0.678 bits per heavy atom. The van der Waals surface area contributed by atoms with Gasteiger partial charge in [0.25, 0.3) is 0 Å². The minimum atomic E-state index is 0. The number of hydrogen-bond donors (Lipinski definition) is 4. The van der Waals surface area contributed by atoms with Gasteiger partial charge in [0.15, 0.2) is 0 Å². The summed E-state index contributed by atoms with van der Waals surface area (Å²) in [6, 6.07) is 25.6. The van der Waals surface area contributed by atoms with Crippen LogP contribution in [0.3, 0.4) is 0 Å². The molecule has 59 heavy (non-hydrogen) atoms. The molecule has 4 aromatic carbocycles. The molecule has 2 aliphatic rings. The van der Waals surface area contributed by atoms with E-state index in [9.17, 15) is 0 Å². The van der Waals surface area contributed by atoms with Crippen LogP contribution < -0.4 is 40.2 Å². The third kappa shape index (κ3) is 21.0. The average molecular weight is 1160 g/mol. The Bertz CT molecular complexity index is 1680. The summed E-state index contributed by atoms with van der Waals surface area (Å²) in [4.78, 5) is 1.97. The number of ether oxygens (including phenoxy) is 8. The first kappa shape index (κ1) is 53.0. The average Bonchev–Trinajstić information content (AvgIpc) is 3.22. The Morgan fingerprint density at radius 3 is 1.02 bits per heavy atom. The molecule has 0 saturated carbocycles. The second kappa shape index (κ2) is 32.6. The van der Waals surface area contributed by atoms with E-state index >= 15 is 0 Å². The first-order chi connectivity index (χ1) is 28.0. The molecule has 0 fully saturated rings. The molecule has 0 aliphatic carbocycles. The number of para-hydroxylation sites is 2. The van der Waals surface area contributed by atoms with Crippen molar-refractivity contribution in [2.45, 2.75) is 7.43 Å². The summed E-state index contributed by atoms with van der Waals surface area (Å²) in [5.74, 6) is 3.13. The van der Waals surface area contributed by atoms with E-state index in [1.807, 2.05) is 83.8 Å². The van der Waals surface area contributed by atoms with Gasteiger partial charge in [-0.2, -0.15) is 0 Å². The zero-order valence-corrected chi connectivity index (χ0v) is 40.9. The molecule has 2 aliphatic heterocycles. The molecule has 0 atom stereocenters. The van der Waals surface area contributed by atoms with E-state index in [4.69, 9.17) is 37.9 Å². The van der Waals surface area contributed by atoms with E-state index in [2.05, 4.69) is 91.6 Å². The normalized spacial score (nSPS) is 15.7. The first-order valence-electron chi connectivity index (χ1n) is 18.7. The number of alkyl halides is 1. The van der Waals surface area contributed by atoms with Crippen LogP contribution in [-0.4, -0.2) is 110 Å². The molecule has 0 spiro atoms. The van der Waals surface area contributed by atoms with Gasteiger partial charge in [-0.25, -0.2) is 0 Å². The first-order valence-corrected chi connectivity index (χ1v) is 23.2. The third-order valence-electron chi connectivity index (χ3n) is 7.91. The van der Waals surface area contributed by atoms with Gasteiger partial charge in [-0.15, -0.1) is 0 Å². The van der Waals surface area contributed by atoms with Crippen LogP contribution in [-0.2, 0) is 37.5 Å². The van der Waals surface area contributed by atoms with Crippen LogP contribution in [0.15, 0.2) is 92.3 Å². The van der Waals surface area contributed by atoms with E-state index in [0.29, 0.717) is 105 Å². The van der Waals surface area contributed by atoms with Crippen molar-refractivity contribution < 1.29 is 56.5 Å². The number of anilines is 4. The number of fused-ring (bicyclic) bond motifs is 4. The Hall–Kier alpha value is -2.13. The molecule has 12 nitrogen and oxygen atoms in total. The van der Waals surface area contributed by atoms with Gasteiger partial charge in [0.1, 0.15) is 49.4 Å². The van der Waals surface area contributed by atoms with Crippen molar-refractivity contribution in [3.63, 3.8) is 0 Å². The fourth-order valence-electron chi connectivity index (χ4n) is 5.31. The summed E-state index contributed by atoms with van der Waals surface area (Å²) in [7, 11) is 0. The standard InChI is InChI=1S/C20H24Br2N2O4.C20H25BrN2O4.CH3I.CH4.V/c21-15-1-3-17-19(13-15)27-11-12-28-20-14-16(22)2-4-18(20)24-6-8-26-10-9-25-7-5-23-17;21-16-5-6-18-20(15-16)27-14-13-26-19-4-2-1-3-17(19)22-7-9-24-11-12-25-10-8-23-18;1-2;;/h1-4,13-14,23-24H,5-12H2;1-6,15,22-23H,7-14H2;1H3;1H4;. The fraction of sp³-hybridized carbons (Fsp3) is 0.429. The van der Waals surface area contributed by atoms with Crippen LogP contribution in [0, 0.1) is 0 Å². The van der Waals surface area contributed by atoms with Gasteiger partial charge >= 0.3 is 0 Å². The van der Waals surface area contributed by atoms with Crippen LogP contribution >= 0.6 is 70.4 Å². The Labute approximate surface area is 400 Å². The number of halogens is 4. The largest absolute Gasteiger partial charge is 0.488 e. The van der Waals surface area contributed by atoms with E-state index in [1.54, 1.807) is 0 Å². The molecule has 0 aromatic heterocycles. The molecule has 0 bridgehead atoms. The van der Waals surface area contributed by atoms with Crippen molar-refractivity contribution in [3.8, 4) is 23.0 Å². The summed E-state index contributed by atoms with van der Waals surface area (Å²) in [6.07, 6.45) is 0. The van der Waals surface area contributed by atoms with Gasteiger partial charge in [0.05, 0.1) is 75.6 Å². The zero-order valence-electron chi connectivity index (χ0n) is 32.5. The molecule has 17 heteroatoms. The summed E-state index contributed by atoms with van der Waals surface area (Å²) in [5, 5.41) is 13.4. The molecule has 1 radical (unpaired) electrons. The Kier molecular flexibility index (Phi) is 29.3. The van der Waals surface area contributed by atoms with Gasteiger partial charge in [0, 0.05) is 58.2 Å². The van der Waals surface area contributed by atoms with Crippen LogP contribution in [0.5, 0.6) is 23.0 Å². The van der Waals surface area contributed by atoms with E-state index < -0.39 is 0 Å². The minimum absolute atomic E-state index is 0. The number of nitrogens with one attached hydrogen (secondary N) is 4. The van der Waals surface area contributed by atoms with Gasteiger partial charge < -0.3 is 59.2 Å². The summed E-state index contributed by atoms with van der Waals surface area (Å²) in [5.41, 5.74) is 3.73. The van der Waals surface area contributed by atoms with Crippen molar-refractivity contribution in [2.75, 3.05) is 132 Å². The molecule has 0 saturated heterocycles. The molecule has 0 unspecified atom stereocenters. The molecule has 0 amide bonds. The summed E-state index contributed by atoms with van der Waals surface area (Å²) >= 11 is 12.6. The quantitative estimate of drug-likeness (QED) is 0.0991. The predicted molar refractivity (Wildman–Crippen MR) is 255 cm³/mol. The van der Waals surface area contributed by atoms with Crippen LogP contribution in [0.2, 0.25) is 0 Å². The van der Waals surface area contributed by atoms with E-state index in [-0.39, 0.29) is 26.0 Å². The van der Waals surface area contributed by atoms with Crippen LogP contribution in [0.1, 0.15) is 7.43 Å². The molecule has 4 aromatic rings. The molecule has 4 N–H and O–H groups in total. The van der Waals surface area contributed by atoms with Gasteiger partial charge in [-0.3, -0.25) is 0 Å². The second-order valence-electron chi connectivity index (χ2n) is 12.0. The van der Waals surface area contributed by atoms with E-state index in [0.717, 1.165) is 59.2 Å². The minimum Gasteiger partial charge on any atom is -0.488 e. The molecular formula is C42H56Br3IN4O8V. The van der Waals surface area contributed by atoms with Crippen molar-refractivity contribution in [1.29, 1.82) is 0 Å². The predicted octanol–water partition coefficient (Wildman–Crippen LogP) is 10.0. The third-order valence-corrected chi connectivity index (χ3v) is 9.39. The number of hydrogen-bond acceptors (Lipinski definition) is 12. The Balaban J connectivity index is 0.000000378. The SMILES string of the molecule is Brc1ccc2c(c1)OCCOc1cc(Br)ccc1NCCOCCOCCN2.Brc1ccc2c(c1)OCCOc1ccccc1NCCOCCOCCN2.C.CI.[V]. The molecule has 325 valence electrons. The Morgan fingerprint density at radius 1 is 0.390 bits per heavy atom. The fourth-order valence-corrected chi connectivity index (χ4v) is 6.33. The van der Waals surface area contributed by atoms with Crippen molar-refractivity contribution in [1.82, 2.24) is 0 Å². The second-order valence-corrected chi connectivity index (χ2v) is 14.7. The van der Waals surface area contributed by atoms with Crippen LogP contribution in [0.4, 0.5) is 22.7 Å². The molecule has 2 heterocycles. The van der Waals surface area contributed by atoms with E-state index in [1.165, 1.54) is 0 Å².